The van der Waals surface area contributed by atoms with Crippen LogP contribution in [-0.4, -0.2) is 42.2 Å². The van der Waals surface area contributed by atoms with E-state index >= 15 is 0 Å². The van der Waals surface area contributed by atoms with Crippen molar-refractivity contribution in [1.82, 2.24) is 0 Å². The van der Waals surface area contributed by atoms with Crippen LogP contribution in [0.1, 0.15) is 0 Å². The maximum atomic E-state index is 9.96. The van der Waals surface area contributed by atoms with Gasteiger partial charge in [-0.3, -0.25) is 0 Å². The summed E-state index contributed by atoms with van der Waals surface area (Å²) < 4.78 is 29.9. The monoisotopic (exact) mass is 304 g/mol. The number of hydrogen-bond donors (Lipinski definition) is 2. The Labute approximate surface area is 127 Å². The van der Waals surface area contributed by atoms with E-state index in [0.29, 0.717) is 5.75 Å². The fourth-order valence-electron chi connectivity index (χ4n) is 0.288. The Morgan fingerprint density at radius 3 is 1.79 bits per heavy atom. The van der Waals surface area contributed by atoms with Crippen molar-refractivity contribution in [1.29, 1.82) is 0 Å². The van der Waals surface area contributed by atoms with Crippen molar-refractivity contribution in [3.05, 3.63) is 0 Å². The van der Waals surface area contributed by atoms with Gasteiger partial charge in [-0.1, -0.05) is 21.6 Å². The average molecular weight is 304 g/mol. The quantitative estimate of drug-likeness (QED) is 0.283. The van der Waals surface area contributed by atoms with Gasteiger partial charge in [-0.2, -0.15) is 25.3 Å². The first-order chi connectivity index (χ1) is 5.87. The summed E-state index contributed by atoms with van der Waals surface area (Å²) in [7, 11) is -0.564. The largest absolute Gasteiger partial charge is 1.00 e. The van der Waals surface area contributed by atoms with E-state index in [2.05, 4.69) is 37.8 Å². The van der Waals surface area contributed by atoms with Crippen molar-refractivity contribution >= 4 is 57.0 Å². The molecule has 0 saturated carbocycles. The SMILES string of the molecule is CSSC.O=S(=O)([O-])CC(S)CS.[Na+]. The van der Waals surface area contributed by atoms with Gasteiger partial charge < -0.3 is 4.55 Å². The van der Waals surface area contributed by atoms with Crippen LogP contribution in [0.5, 0.6) is 0 Å². The first-order valence-electron chi connectivity index (χ1n) is 3.16. The van der Waals surface area contributed by atoms with Gasteiger partial charge in [0, 0.05) is 11.0 Å². The van der Waals surface area contributed by atoms with Crippen LogP contribution in [-0.2, 0) is 10.1 Å². The van der Waals surface area contributed by atoms with E-state index < -0.39 is 21.1 Å². The van der Waals surface area contributed by atoms with Crippen LogP contribution in [0.25, 0.3) is 0 Å². The van der Waals surface area contributed by atoms with Gasteiger partial charge in [-0.25, -0.2) is 8.42 Å². The molecule has 0 spiro atoms. The molecule has 82 valence electrons. The van der Waals surface area contributed by atoms with Crippen LogP contribution < -0.4 is 29.6 Å². The molecule has 14 heavy (non-hydrogen) atoms. The summed E-state index contributed by atoms with van der Waals surface area (Å²) in [6.45, 7) is 0. The van der Waals surface area contributed by atoms with Gasteiger partial charge in [0.25, 0.3) is 0 Å². The smallest absolute Gasteiger partial charge is 0.748 e. The van der Waals surface area contributed by atoms with Crippen molar-refractivity contribution in [3.63, 3.8) is 0 Å². The van der Waals surface area contributed by atoms with Gasteiger partial charge in [-0.05, 0) is 12.5 Å². The van der Waals surface area contributed by atoms with Crippen molar-refractivity contribution in [2.45, 2.75) is 5.25 Å². The van der Waals surface area contributed by atoms with Crippen molar-refractivity contribution in [3.8, 4) is 0 Å². The molecule has 0 bridgehead atoms. The molecular formula is C5H13NaO3S5. The third-order valence-electron chi connectivity index (χ3n) is 0.774. The molecule has 0 aliphatic rings. The summed E-state index contributed by atoms with van der Waals surface area (Å²) in [5.41, 5.74) is 0. The van der Waals surface area contributed by atoms with Crippen LogP contribution in [0.4, 0.5) is 0 Å². The first kappa shape index (κ1) is 21.6. The summed E-state index contributed by atoms with van der Waals surface area (Å²) >= 11 is 7.52. The Morgan fingerprint density at radius 2 is 1.71 bits per heavy atom. The zero-order valence-electron chi connectivity index (χ0n) is 8.34. The molecule has 1 unspecified atom stereocenters. The van der Waals surface area contributed by atoms with Crippen LogP contribution in [0.2, 0.25) is 0 Å². The van der Waals surface area contributed by atoms with Crippen molar-refractivity contribution < 1.29 is 42.5 Å². The number of rotatable bonds is 4. The van der Waals surface area contributed by atoms with Crippen LogP contribution >= 0.6 is 46.8 Å². The summed E-state index contributed by atoms with van der Waals surface area (Å²) in [5, 5.41) is -0.448. The molecule has 0 amide bonds. The standard InChI is InChI=1S/C3H8O3S3.C2H6S2.Na/c4-9(5,6)2-3(8)1-7;1-3-4-2;/h3,7-8H,1-2H2,(H,4,5,6);1-2H3;/q;;+1/p-1. The molecule has 0 aromatic carbocycles. The molecule has 0 aromatic heterocycles. The topological polar surface area (TPSA) is 57.2 Å². The van der Waals surface area contributed by atoms with Gasteiger partial charge in [0.2, 0.25) is 0 Å². The normalized spacial score (nSPS) is 12.1. The first-order valence-corrected chi connectivity index (χ1v) is 8.86. The fraction of sp³-hybridized carbons (Fsp3) is 1.00. The Kier molecular flexibility index (Phi) is 20.6. The van der Waals surface area contributed by atoms with Gasteiger partial charge in [0.05, 0.1) is 15.9 Å². The van der Waals surface area contributed by atoms with E-state index in [1.807, 2.05) is 0 Å². The molecular weight excluding hydrogens is 291 g/mol. The molecule has 0 saturated heterocycles. The fourth-order valence-corrected chi connectivity index (χ4v) is 1.73. The Bertz CT molecular complexity index is 194. The summed E-state index contributed by atoms with van der Waals surface area (Å²) in [6.07, 6.45) is 4.12. The summed E-state index contributed by atoms with van der Waals surface area (Å²) in [4.78, 5) is 0. The summed E-state index contributed by atoms with van der Waals surface area (Å²) in [6, 6.07) is 0. The van der Waals surface area contributed by atoms with Crippen LogP contribution in [0.15, 0.2) is 0 Å². The molecule has 0 rings (SSSR count). The Hall–Kier alpha value is 2.31. The van der Waals surface area contributed by atoms with Crippen molar-refractivity contribution in [2.24, 2.45) is 0 Å². The molecule has 0 fully saturated rings. The second-order valence-electron chi connectivity index (χ2n) is 1.89. The predicted octanol–water partition coefficient (Wildman–Crippen LogP) is -1.61. The minimum atomic E-state index is -4.11. The molecule has 1 atom stereocenters. The second-order valence-corrected chi connectivity index (χ2v) is 7.10. The summed E-state index contributed by atoms with van der Waals surface area (Å²) in [5.74, 6) is -0.149. The second kappa shape index (κ2) is 13.4. The molecule has 0 N–H and O–H groups in total. The third kappa shape index (κ3) is 23.8. The Morgan fingerprint density at radius 1 is 1.36 bits per heavy atom. The number of hydrogen-bond acceptors (Lipinski definition) is 7. The van der Waals surface area contributed by atoms with E-state index in [4.69, 9.17) is 0 Å². The molecule has 9 heteroatoms. The van der Waals surface area contributed by atoms with Gasteiger partial charge in [0.1, 0.15) is 0 Å². The third-order valence-corrected chi connectivity index (χ3v) is 4.26. The van der Waals surface area contributed by atoms with E-state index in [0.717, 1.165) is 0 Å². The maximum Gasteiger partial charge on any atom is 1.00 e. The van der Waals surface area contributed by atoms with E-state index in [9.17, 15) is 13.0 Å². The minimum absolute atomic E-state index is 0. The molecule has 0 heterocycles. The maximum absolute atomic E-state index is 9.96. The Balaban J connectivity index is -0.000000209. The number of thiol groups is 2. The molecule has 0 aromatic rings. The molecule has 3 nitrogen and oxygen atoms in total. The minimum Gasteiger partial charge on any atom is -0.748 e. The van der Waals surface area contributed by atoms with Gasteiger partial charge >= 0.3 is 29.6 Å². The van der Waals surface area contributed by atoms with E-state index in [-0.39, 0.29) is 29.6 Å². The zero-order valence-corrected chi connectivity index (χ0v) is 14.6. The molecule has 0 radical (unpaired) electrons. The van der Waals surface area contributed by atoms with Crippen LogP contribution in [0, 0.1) is 0 Å². The van der Waals surface area contributed by atoms with Gasteiger partial charge in [0.15, 0.2) is 0 Å². The van der Waals surface area contributed by atoms with Crippen LogP contribution in [0.3, 0.4) is 0 Å². The average Bonchev–Trinajstić information content (AvgIpc) is 2.02. The van der Waals surface area contributed by atoms with E-state index in [1.54, 1.807) is 21.6 Å². The molecule has 0 aliphatic heterocycles. The molecule has 0 aliphatic carbocycles. The van der Waals surface area contributed by atoms with E-state index in [1.165, 1.54) is 0 Å². The zero-order chi connectivity index (χ0) is 10.9. The van der Waals surface area contributed by atoms with Crippen molar-refractivity contribution in [2.75, 3.05) is 24.0 Å². The van der Waals surface area contributed by atoms with Gasteiger partial charge in [-0.15, -0.1) is 0 Å². The predicted molar refractivity (Wildman–Crippen MR) is 68.2 cm³/mol.